The van der Waals surface area contributed by atoms with E-state index in [-0.39, 0.29) is 50.3 Å². The van der Waals surface area contributed by atoms with Gasteiger partial charge in [0.25, 0.3) is 5.91 Å². The molecule has 0 radical (unpaired) electrons. The lowest BCUT2D eigenvalue weighted by molar-refractivity contribution is 0.0951. The summed E-state index contributed by atoms with van der Waals surface area (Å²) >= 11 is 0. The number of carbonyl (C=O) groups excluding carboxylic acids is 1. The van der Waals surface area contributed by atoms with Gasteiger partial charge in [-0.05, 0) is 70.9 Å². The van der Waals surface area contributed by atoms with Crippen LogP contribution in [0.4, 0.5) is 0 Å². The number of aromatic hydroxyl groups is 1. The summed E-state index contributed by atoms with van der Waals surface area (Å²) < 4.78 is 0. The van der Waals surface area contributed by atoms with Crippen LogP contribution in [-0.2, 0) is 0 Å². The molecule has 2 aliphatic rings. The number of rotatable bonds is 8. The van der Waals surface area contributed by atoms with Gasteiger partial charge in [-0.2, -0.15) is 0 Å². The molecule has 0 spiro atoms. The Kier molecular flexibility index (Phi) is 7.38. The molecule has 1 amide bonds. The summed E-state index contributed by atoms with van der Waals surface area (Å²) in [7, 11) is 0. The number of phenols is 1. The highest BCUT2D eigenvalue weighted by molar-refractivity contribution is 6.06. The average molecular weight is 507 g/mol. The monoisotopic (exact) mass is 506 g/mol. The Labute approximate surface area is 214 Å². The second-order valence-electron chi connectivity index (χ2n) is 9.96. The molecule has 2 aromatic carbocycles. The normalized spacial score (nSPS) is 17.3. The summed E-state index contributed by atoms with van der Waals surface area (Å²) in [4.78, 5) is 51.1. The molecule has 0 atom stereocenters. The first-order valence-electron chi connectivity index (χ1n) is 13.1. The SMILES string of the molecule is Cc1c(O)c(=CNCCN2CCCC2)c2nc3c(=O)ccc(C(=O)NCCN4CCCC4)c3[nH]c2c1=O. The average Bonchev–Trinajstić information content (AvgIpc) is 3.61. The molecule has 0 unspecified atom stereocenters. The molecular formula is C27H34N6O4. The smallest absolute Gasteiger partial charge is 0.253 e. The van der Waals surface area contributed by atoms with Crippen molar-refractivity contribution in [3.8, 4) is 5.75 Å². The molecular weight excluding hydrogens is 472 g/mol. The minimum absolute atomic E-state index is 0.0501. The van der Waals surface area contributed by atoms with Crippen LogP contribution in [-0.4, -0.2) is 83.1 Å². The summed E-state index contributed by atoms with van der Waals surface area (Å²) in [5.41, 5.74) is 0.236. The molecule has 2 saturated heterocycles. The van der Waals surface area contributed by atoms with Gasteiger partial charge in [0.1, 0.15) is 22.3 Å². The van der Waals surface area contributed by atoms with Gasteiger partial charge >= 0.3 is 0 Å². The molecule has 4 N–H and O–H groups in total. The van der Waals surface area contributed by atoms with Crippen LogP contribution in [0.1, 0.15) is 41.6 Å². The van der Waals surface area contributed by atoms with E-state index in [1.54, 1.807) is 13.1 Å². The van der Waals surface area contributed by atoms with E-state index in [9.17, 15) is 19.5 Å². The lowest BCUT2D eigenvalue weighted by atomic mass is 10.1. The number of nitrogens with one attached hydrogen (secondary N) is 3. The number of benzene rings is 2. The van der Waals surface area contributed by atoms with Crippen LogP contribution in [0.5, 0.6) is 5.75 Å². The third-order valence-corrected chi connectivity index (χ3v) is 7.46. The highest BCUT2D eigenvalue weighted by Gasteiger charge is 2.19. The first-order chi connectivity index (χ1) is 17.9. The van der Waals surface area contributed by atoms with Gasteiger partial charge in [-0.3, -0.25) is 14.4 Å². The van der Waals surface area contributed by atoms with E-state index in [2.05, 4.69) is 30.4 Å². The van der Waals surface area contributed by atoms with E-state index in [0.717, 1.165) is 39.3 Å². The van der Waals surface area contributed by atoms with Gasteiger partial charge in [0.15, 0.2) is 0 Å². The standard InChI is InChI=1S/C27H34N6O4/c1-17-25(35)19(16-28-8-14-32-10-2-3-11-32)22-24(26(17)36)31-21-18(6-7-20(34)23(21)30-22)27(37)29-9-15-33-12-4-5-13-33/h6-7,16,28,31,35H,2-5,8-15H2,1H3,(H,29,37). The molecule has 3 heterocycles. The third kappa shape index (κ3) is 5.17. The molecule has 1 aromatic heterocycles. The van der Waals surface area contributed by atoms with Crippen molar-refractivity contribution in [1.82, 2.24) is 30.4 Å². The van der Waals surface area contributed by atoms with E-state index in [1.165, 1.54) is 37.8 Å². The fourth-order valence-corrected chi connectivity index (χ4v) is 5.29. The van der Waals surface area contributed by atoms with Crippen LogP contribution < -0.4 is 26.7 Å². The van der Waals surface area contributed by atoms with Crippen molar-refractivity contribution >= 4 is 34.2 Å². The number of hydrogen-bond donors (Lipinski definition) is 4. The Bertz CT molecular complexity index is 1490. The summed E-state index contributed by atoms with van der Waals surface area (Å²) in [6, 6.07) is 2.78. The molecule has 196 valence electrons. The number of carbonyl (C=O) groups is 1. The van der Waals surface area contributed by atoms with Crippen LogP contribution >= 0.6 is 0 Å². The maximum absolute atomic E-state index is 13.1. The Balaban J connectivity index is 1.50. The van der Waals surface area contributed by atoms with Crippen LogP contribution in [0.15, 0.2) is 21.7 Å². The van der Waals surface area contributed by atoms with E-state index >= 15 is 0 Å². The van der Waals surface area contributed by atoms with Gasteiger partial charge in [-0.15, -0.1) is 0 Å². The highest BCUT2D eigenvalue weighted by atomic mass is 16.3. The summed E-state index contributed by atoms with van der Waals surface area (Å²) in [6.07, 6.45) is 6.42. The minimum atomic E-state index is -0.423. The molecule has 10 nitrogen and oxygen atoms in total. The number of likely N-dealkylation sites (tertiary alicyclic amines) is 2. The first-order valence-corrected chi connectivity index (χ1v) is 13.1. The number of nitrogens with zero attached hydrogens (tertiary/aromatic N) is 3. The molecule has 2 fully saturated rings. The number of amides is 1. The lowest BCUT2D eigenvalue weighted by Crippen LogP contribution is -2.34. The zero-order valence-electron chi connectivity index (χ0n) is 21.2. The van der Waals surface area contributed by atoms with Crippen molar-refractivity contribution in [3.63, 3.8) is 0 Å². The summed E-state index contributed by atoms with van der Waals surface area (Å²) in [5, 5.41) is 17.3. The largest absolute Gasteiger partial charge is 0.507 e. The van der Waals surface area contributed by atoms with Crippen molar-refractivity contribution in [1.29, 1.82) is 0 Å². The van der Waals surface area contributed by atoms with E-state index < -0.39 is 5.43 Å². The Morgan fingerprint density at radius 1 is 1.00 bits per heavy atom. The lowest BCUT2D eigenvalue weighted by Gasteiger charge is -2.15. The highest BCUT2D eigenvalue weighted by Crippen LogP contribution is 2.17. The molecule has 0 bridgehead atoms. The predicted molar refractivity (Wildman–Crippen MR) is 144 cm³/mol. The second-order valence-corrected chi connectivity index (χ2v) is 9.96. The third-order valence-electron chi connectivity index (χ3n) is 7.46. The zero-order valence-corrected chi connectivity index (χ0v) is 21.2. The number of aromatic nitrogens is 2. The maximum Gasteiger partial charge on any atom is 0.253 e. The fourth-order valence-electron chi connectivity index (χ4n) is 5.29. The summed E-state index contributed by atoms with van der Waals surface area (Å²) in [6.45, 7) is 8.60. The first kappa shape index (κ1) is 25.2. The zero-order chi connectivity index (χ0) is 25.9. The summed E-state index contributed by atoms with van der Waals surface area (Å²) in [5.74, 6) is -0.505. The van der Waals surface area contributed by atoms with Gasteiger partial charge in [0, 0.05) is 37.9 Å². The van der Waals surface area contributed by atoms with Crippen LogP contribution in [0.2, 0.25) is 0 Å². The van der Waals surface area contributed by atoms with Crippen LogP contribution in [0.3, 0.4) is 0 Å². The molecule has 0 saturated carbocycles. The Morgan fingerprint density at radius 2 is 1.65 bits per heavy atom. The van der Waals surface area contributed by atoms with E-state index in [1.807, 2.05) is 0 Å². The quantitative estimate of drug-likeness (QED) is 0.255. The molecule has 2 aliphatic heterocycles. The predicted octanol–water partition coefficient (Wildman–Crippen LogP) is 0.418. The fraction of sp³-hybridized carbons (Fsp3) is 0.481. The topological polar surface area (TPSA) is 131 Å². The van der Waals surface area contributed by atoms with E-state index in [0.29, 0.717) is 18.3 Å². The molecule has 3 aromatic rings. The van der Waals surface area contributed by atoms with Crippen molar-refractivity contribution in [2.24, 2.45) is 0 Å². The molecule has 0 aliphatic carbocycles. The Hall–Kier alpha value is -3.50. The minimum Gasteiger partial charge on any atom is -0.507 e. The van der Waals surface area contributed by atoms with E-state index in [4.69, 9.17) is 0 Å². The van der Waals surface area contributed by atoms with Crippen molar-refractivity contribution in [2.75, 3.05) is 52.4 Å². The van der Waals surface area contributed by atoms with Gasteiger partial charge in [-0.25, -0.2) is 4.98 Å². The van der Waals surface area contributed by atoms with Crippen LogP contribution in [0.25, 0.3) is 28.3 Å². The molecule has 10 heteroatoms. The number of fused-ring (bicyclic) bond motifs is 2. The maximum atomic E-state index is 13.1. The van der Waals surface area contributed by atoms with Crippen LogP contribution in [0, 0.1) is 6.92 Å². The number of phenolic OH excluding ortho intramolecular Hbond substituents is 1. The van der Waals surface area contributed by atoms with Gasteiger partial charge < -0.3 is 30.5 Å². The Morgan fingerprint density at radius 3 is 2.32 bits per heavy atom. The van der Waals surface area contributed by atoms with Gasteiger partial charge in [0.2, 0.25) is 10.9 Å². The van der Waals surface area contributed by atoms with Gasteiger partial charge in [-0.1, -0.05) is 0 Å². The number of aromatic amines is 1. The van der Waals surface area contributed by atoms with Crippen molar-refractivity contribution in [2.45, 2.75) is 32.6 Å². The van der Waals surface area contributed by atoms with Crippen molar-refractivity contribution in [3.05, 3.63) is 48.9 Å². The second kappa shape index (κ2) is 10.9. The number of H-pyrrole nitrogens is 1. The van der Waals surface area contributed by atoms with Crippen molar-refractivity contribution < 1.29 is 9.90 Å². The van der Waals surface area contributed by atoms with Gasteiger partial charge in [0.05, 0.1) is 16.3 Å². The molecule has 37 heavy (non-hydrogen) atoms. The molecule has 5 rings (SSSR count). The number of hydrogen-bond acceptors (Lipinski definition) is 8.